The van der Waals surface area contributed by atoms with Gasteiger partial charge >= 0.3 is 0 Å². The van der Waals surface area contributed by atoms with E-state index in [0.717, 1.165) is 23.2 Å². The normalized spacial score (nSPS) is 14.1. The maximum Gasteiger partial charge on any atom is 0.258 e. The van der Waals surface area contributed by atoms with Gasteiger partial charge in [-0.05, 0) is 49.7 Å². The largest absolute Gasteiger partial charge is 0.322 e. The van der Waals surface area contributed by atoms with Gasteiger partial charge in [0, 0.05) is 23.2 Å². The maximum atomic E-state index is 13.4. The van der Waals surface area contributed by atoms with Gasteiger partial charge in [-0.2, -0.15) is 0 Å². The Labute approximate surface area is 181 Å². The van der Waals surface area contributed by atoms with E-state index in [4.69, 9.17) is 0 Å². The zero-order valence-electron chi connectivity index (χ0n) is 17.3. The summed E-state index contributed by atoms with van der Waals surface area (Å²) in [4.78, 5) is 15.9. The molecule has 1 saturated heterocycles. The molecule has 0 bridgehead atoms. The average Bonchev–Trinajstić information content (AvgIpc) is 3.33. The number of nitrogens with zero attached hydrogens (tertiary/aromatic N) is 3. The van der Waals surface area contributed by atoms with Gasteiger partial charge < -0.3 is 5.32 Å². The van der Waals surface area contributed by atoms with Gasteiger partial charge in [0.05, 0.1) is 11.1 Å². The molecule has 4 aromatic rings. The maximum absolute atomic E-state index is 13.4. The highest BCUT2D eigenvalue weighted by Crippen LogP contribution is 2.28. The molecule has 0 unspecified atom stereocenters. The molecule has 1 amide bonds. The van der Waals surface area contributed by atoms with E-state index in [1.165, 1.54) is 31.5 Å². The summed E-state index contributed by atoms with van der Waals surface area (Å²) in [7, 11) is 0. The van der Waals surface area contributed by atoms with E-state index in [9.17, 15) is 4.79 Å². The molecule has 1 aliphatic heterocycles. The molecule has 5 heteroatoms. The molecule has 31 heavy (non-hydrogen) atoms. The van der Waals surface area contributed by atoms with Crippen LogP contribution in [0.1, 0.15) is 28.8 Å². The SMILES string of the molecule is O=C(Nc1ccc(CN2CCCC2)cc1)c1c(-c2ccccc2)nnc2ccccc12. The van der Waals surface area contributed by atoms with Gasteiger partial charge in [-0.25, -0.2) is 0 Å². The number of hydrogen-bond donors (Lipinski definition) is 1. The lowest BCUT2D eigenvalue weighted by atomic mass is 10.0. The monoisotopic (exact) mass is 408 g/mol. The Morgan fingerprint density at radius 1 is 0.839 bits per heavy atom. The van der Waals surface area contributed by atoms with E-state index >= 15 is 0 Å². The van der Waals surface area contributed by atoms with E-state index in [1.54, 1.807) is 0 Å². The molecule has 0 atom stereocenters. The lowest BCUT2D eigenvalue weighted by molar-refractivity contribution is 0.102. The predicted molar refractivity (Wildman–Crippen MR) is 124 cm³/mol. The zero-order chi connectivity index (χ0) is 21.0. The molecule has 2 heterocycles. The van der Waals surface area contributed by atoms with Crippen molar-refractivity contribution in [1.29, 1.82) is 0 Å². The minimum absolute atomic E-state index is 0.183. The highest BCUT2D eigenvalue weighted by Gasteiger charge is 2.19. The van der Waals surface area contributed by atoms with Crippen molar-refractivity contribution in [3.05, 3.63) is 90.0 Å². The second-order valence-corrected chi connectivity index (χ2v) is 7.94. The van der Waals surface area contributed by atoms with Gasteiger partial charge in [0.2, 0.25) is 0 Å². The van der Waals surface area contributed by atoms with Crippen molar-refractivity contribution >= 4 is 22.5 Å². The number of rotatable bonds is 5. The third-order valence-corrected chi connectivity index (χ3v) is 5.76. The Morgan fingerprint density at radius 2 is 1.55 bits per heavy atom. The molecule has 0 spiro atoms. The molecule has 1 N–H and O–H groups in total. The summed E-state index contributed by atoms with van der Waals surface area (Å²) in [6.07, 6.45) is 2.57. The van der Waals surface area contributed by atoms with Crippen molar-refractivity contribution in [3.8, 4) is 11.3 Å². The van der Waals surface area contributed by atoms with Gasteiger partial charge in [-0.15, -0.1) is 10.2 Å². The van der Waals surface area contributed by atoms with Gasteiger partial charge in [0.15, 0.2) is 0 Å². The quantitative estimate of drug-likeness (QED) is 0.496. The summed E-state index contributed by atoms with van der Waals surface area (Å²) in [6, 6.07) is 25.5. The summed E-state index contributed by atoms with van der Waals surface area (Å²) < 4.78 is 0. The number of fused-ring (bicyclic) bond motifs is 1. The summed E-state index contributed by atoms with van der Waals surface area (Å²) in [5.74, 6) is -0.183. The van der Waals surface area contributed by atoms with E-state index in [1.807, 2.05) is 66.7 Å². The van der Waals surface area contributed by atoms with Crippen molar-refractivity contribution in [2.75, 3.05) is 18.4 Å². The minimum Gasteiger partial charge on any atom is -0.322 e. The zero-order valence-corrected chi connectivity index (χ0v) is 17.3. The molecule has 1 aromatic heterocycles. The number of carbonyl (C=O) groups is 1. The van der Waals surface area contributed by atoms with Crippen LogP contribution in [-0.4, -0.2) is 34.1 Å². The second kappa shape index (κ2) is 8.66. The van der Waals surface area contributed by atoms with Crippen LogP contribution < -0.4 is 5.32 Å². The van der Waals surface area contributed by atoms with Crippen LogP contribution in [0.15, 0.2) is 78.9 Å². The van der Waals surface area contributed by atoms with E-state index in [0.29, 0.717) is 16.8 Å². The molecule has 0 saturated carbocycles. The number of hydrogen-bond acceptors (Lipinski definition) is 4. The first-order valence-corrected chi connectivity index (χ1v) is 10.7. The number of aromatic nitrogens is 2. The van der Waals surface area contributed by atoms with Gasteiger partial charge in [-0.1, -0.05) is 60.7 Å². The molecule has 0 aliphatic carbocycles. The molecular formula is C26H24N4O. The summed E-state index contributed by atoms with van der Waals surface area (Å²) in [5, 5.41) is 12.6. The average molecular weight is 409 g/mol. The molecule has 154 valence electrons. The van der Waals surface area contributed by atoms with Crippen LogP contribution in [0, 0.1) is 0 Å². The molecular weight excluding hydrogens is 384 g/mol. The van der Waals surface area contributed by atoms with Gasteiger partial charge in [0.25, 0.3) is 5.91 Å². The number of carbonyl (C=O) groups excluding carboxylic acids is 1. The molecule has 0 radical (unpaired) electrons. The Balaban J connectivity index is 1.45. The smallest absolute Gasteiger partial charge is 0.258 e. The Hall–Kier alpha value is -3.57. The van der Waals surface area contributed by atoms with Crippen molar-refractivity contribution in [2.45, 2.75) is 19.4 Å². The van der Waals surface area contributed by atoms with Crippen LogP contribution in [0.3, 0.4) is 0 Å². The minimum atomic E-state index is -0.183. The number of anilines is 1. The van der Waals surface area contributed by atoms with Crippen molar-refractivity contribution < 1.29 is 4.79 Å². The van der Waals surface area contributed by atoms with E-state index in [2.05, 4.69) is 32.5 Å². The van der Waals surface area contributed by atoms with Gasteiger partial charge in [0.1, 0.15) is 5.69 Å². The summed E-state index contributed by atoms with van der Waals surface area (Å²) in [6.45, 7) is 3.30. The number of benzene rings is 3. The lowest BCUT2D eigenvalue weighted by Crippen LogP contribution is -2.18. The third-order valence-electron chi connectivity index (χ3n) is 5.76. The Bertz CT molecular complexity index is 1200. The number of amides is 1. The first-order chi connectivity index (χ1) is 15.3. The van der Waals surface area contributed by atoms with E-state index < -0.39 is 0 Å². The highest BCUT2D eigenvalue weighted by atomic mass is 16.1. The van der Waals surface area contributed by atoms with Crippen LogP contribution in [0.4, 0.5) is 5.69 Å². The standard InChI is InChI=1S/C26H24N4O/c31-26(27-21-14-12-19(13-15-21)18-30-16-6-7-17-30)24-22-10-4-5-11-23(22)28-29-25(24)20-8-2-1-3-9-20/h1-5,8-15H,6-7,16-18H2,(H,27,31). The molecule has 1 aliphatic rings. The number of likely N-dealkylation sites (tertiary alicyclic amines) is 1. The fourth-order valence-electron chi connectivity index (χ4n) is 4.17. The van der Waals surface area contributed by atoms with Crippen molar-refractivity contribution in [1.82, 2.24) is 15.1 Å². The Morgan fingerprint density at radius 3 is 2.32 bits per heavy atom. The lowest BCUT2D eigenvalue weighted by Gasteiger charge is -2.15. The molecule has 1 fully saturated rings. The molecule has 5 rings (SSSR count). The van der Waals surface area contributed by atoms with Crippen LogP contribution in [0.5, 0.6) is 0 Å². The van der Waals surface area contributed by atoms with Crippen LogP contribution in [0.25, 0.3) is 22.2 Å². The third kappa shape index (κ3) is 4.18. The van der Waals surface area contributed by atoms with Crippen molar-refractivity contribution in [3.63, 3.8) is 0 Å². The van der Waals surface area contributed by atoms with Crippen LogP contribution in [0.2, 0.25) is 0 Å². The van der Waals surface area contributed by atoms with Gasteiger partial charge in [-0.3, -0.25) is 9.69 Å². The summed E-state index contributed by atoms with van der Waals surface area (Å²) >= 11 is 0. The van der Waals surface area contributed by atoms with Crippen LogP contribution in [-0.2, 0) is 6.54 Å². The van der Waals surface area contributed by atoms with E-state index in [-0.39, 0.29) is 5.91 Å². The molecule has 3 aromatic carbocycles. The fraction of sp³-hybridized carbons (Fsp3) is 0.192. The van der Waals surface area contributed by atoms with Crippen molar-refractivity contribution in [2.24, 2.45) is 0 Å². The second-order valence-electron chi connectivity index (χ2n) is 7.94. The molecule has 5 nitrogen and oxygen atoms in total. The Kier molecular flexibility index (Phi) is 5.42. The first-order valence-electron chi connectivity index (χ1n) is 10.7. The predicted octanol–water partition coefficient (Wildman–Crippen LogP) is 5.14. The van der Waals surface area contributed by atoms with Crippen LogP contribution >= 0.6 is 0 Å². The fourth-order valence-corrected chi connectivity index (χ4v) is 4.17. The topological polar surface area (TPSA) is 58.1 Å². The first kappa shape index (κ1) is 19.4. The summed E-state index contributed by atoms with van der Waals surface area (Å²) in [5.41, 5.74) is 4.73. The highest BCUT2D eigenvalue weighted by molar-refractivity contribution is 6.15. The number of nitrogens with one attached hydrogen (secondary N) is 1.